The van der Waals surface area contributed by atoms with Crippen molar-refractivity contribution in [3.05, 3.63) is 86.1 Å². The zero-order chi connectivity index (χ0) is 26.4. The van der Waals surface area contributed by atoms with Gasteiger partial charge in [0.25, 0.3) is 11.1 Å². The maximum absolute atomic E-state index is 15.1. The lowest BCUT2D eigenvalue weighted by Crippen LogP contribution is -2.26. The minimum Gasteiger partial charge on any atom is -0.392 e. The number of carbonyl (C=O) groups is 1. The van der Waals surface area contributed by atoms with Crippen molar-refractivity contribution in [1.82, 2.24) is 19.3 Å². The van der Waals surface area contributed by atoms with E-state index < -0.39 is 23.9 Å². The van der Waals surface area contributed by atoms with Crippen molar-refractivity contribution in [1.29, 1.82) is 0 Å². The van der Waals surface area contributed by atoms with Crippen molar-refractivity contribution in [2.75, 3.05) is 0 Å². The van der Waals surface area contributed by atoms with Crippen LogP contribution in [-0.2, 0) is 30.3 Å². The summed E-state index contributed by atoms with van der Waals surface area (Å²) in [5.74, 6) is -1.31. The molecule has 0 aliphatic heterocycles. The van der Waals surface area contributed by atoms with Crippen LogP contribution in [0.15, 0.2) is 52.4 Å². The number of hydrogen-bond donors (Lipinski definition) is 2. The number of hydrogen-bond acceptors (Lipinski definition) is 6. The molecule has 1 amide bonds. The summed E-state index contributed by atoms with van der Waals surface area (Å²) in [5, 5.41) is 14.7. The molecule has 1 aromatic carbocycles. The second kappa shape index (κ2) is 9.12. The summed E-state index contributed by atoms with van der Waals surface area (Å²) < 4.78 is 17.4. The van der Waals surface area contributed by atoms with Gasteiger partial charge in [0, 0.05) is 36.0 Å². The lowest BCUT2D eigenvalue weighted by atomic mass is 9.86. The Kier molecular flexibility index (Phi) is 6.32. The Morgan fingerprint density at radius 3 is 2.53 bits per heavy atom. The molecule has 0 atom stereocenters. The second-order valence-corrected chi connectivity index (χ2v) is 9.67. The van der Waals surface area contributed by atoms with Crippen molar-refractivity contribution < 1.29 is 14.3 Å². The van der Waals surface area contributed by atoms with E-state index in [2.05, 4.69) is 10.1 Å². The number of aromatic nitrogens is 4. The highest BCUT2D eigenvalue weighted by Gasteiger charge is 2.21. The lowest BCUT2D eigenvalue weighted by molar-refractivity contribution is -0.117. The van der Waals surface area contributed by atoms with Gasteiger partial charge >= 0.3 is 0 Å². The van der Waals surface area contributed by atoms with Crippen molar-refractivity contribution in [3.63, 3.8) is 0 Å². The number of nitrogens with two attached hydrogens (primary N) is 1. The van der Waals surface area contributed by atoms with E-state index >= 15 is 4.39 Å². The van der Waals surface area contributed by atoms with Gasteiger partial charge in [-0.25, -0.2) is 9.37 Å². The summed E-state index contributed by atoms with van der Waals surface area (Å²) in [4.78, 5) is 41.4. The highest BCUT2D eigenvalue weighted by atomic mass is 19.1. The van der Waals surface area contributed by atoms with E-state index in [1.807, 2.05) is 20.8 Å². The molecule has 0 spiro atoms. The number of primary amides is 1. The number of pyridine rings is 2. The molecule has 9 nitrogen and oxygen atoms in total. The number of halogens is 1. The molecular formula is C26H26FN5O4. The number of rotatable bonds is 5. The Hall–Kier alpha value is -4.18. The van der Waals surface area contributed by atoms with Gasteiger partial charge in [-0.3, -0.25) is 14.4 Å². The van der Waals surface area contributed by atoms with Crippen molar-refractivity contribution >= 4 is 16.7 Å². The van der Waals surface area contributed by atoms with E-state index in [1.165, 1.54) is 42.3 Å². The molecule has 0 bridgehead atoms. The van der Waals surface area contributed by atoms with Crippen LogP contribution in [0.3, 0.4) is 0 Å². The summed E-state index contributed by atoms with van der Waals surface area (Å²) in [6, 6.07) is 6.19. The van der Waals surface area contributed by atoms with E-state index in [1.54, 1.807) is 12.1 Å². The van der Waals surface area contributed by atoms with E-state index in [0.717, 1.165) is 10.2 Å². The van der Waals surface area contributed by atoms with Crippen molar-refractivity contribution in [3.8, 4) is 16.9 Å². The molecule has 0 aliphatic rings. The monoisotopic (exact) mass is 491 g/mol. The summed E-state index contributed by atoms with van der Waals surface area (Å²) in [6.07, 6.45) is 4.09. The van der Waals surface area contributed by atoms with Crippen LogP contribution in [0.2, 0.25) is 0 Å². The smallest absolute Gasteiger partial charge is 0.283 e. The molecule has 0 radical (unpaired) electrons. The maximum Gasteiger partial charge on any atom is 0.283 e. The Morgan fingerprint density at radius 1 is 1.17 bits per heavy atom. The average Bonchev–Trinajstić information content (AvgIpc) is 2.80. The summed E-state index contributed by atoms with van der Waals surface area (Å²) in [6.45, 7) is 5.31. The predicted octanol–water partition coefficient (Wildman–Crippen LogP) is 2.10. The maximum atomic E-state index is 15.1. The van der Waals surface area contributed by atoms with Gasteiger partial charge in [0.1, 0.15) is 5.82 Å². The van der Waals surface area contributed by atoms with Crippen LogP contribution in [0.25, 0.3) is 27.7 Å². The predicted molar refractivity (Wildman–Crippen MR) is 133 cm³/mol. The molecule has 0 unspecified atom stereocenters. The quantitative estimate of drug-likeness (QED) is 0.439. The van der Waals surface area contributed by atoms with E-state index in [0.29, 0.717) is 16.5 Å². The van der Waals surface area contributed by atoms with E-state index in [-0.39, 0.29) is 39.7 Å². The van der Waals surface area contributed by atoms with Crippen LogP contribution in [-0.4, -0.2) is 30.3 Å². The first-order chi connectivity index (χ1) is 16.9. The number of amides is 1. The van der Waals surface area contributed by atoms with Gasteiger partial charge in [-0.2, -0.15) is 9.78 Å². The van der Waals surface area contributed by atoms with Gasteiger partial charge in [-0.1, -0.05) is 20.8 Å². The van der Waals surface area contributed by atoms with Gasteiger partial charge in [0.15, 0.2) is 5.82 Å². The molecule has 10 heteroatoms. The van der Waals surface area contributed by atoms with Crippen LogP contribution >= 0.6 is 0 Å². The zero-order valence-electron chi connectivity index (χ0n) is 20.4. The van der Waals surface area contributed by atoms with E-state index in [9.17, 15) is 19.5 Å². The number of aliphatic hydroxyl groups is 1. The summed E-state index contributed by atoms with van der Waals surface area (Å²) in [7, 11) is 1.53. The molecule has 3 N–H and O–H groups in total. The Balaban J connectivity index is 1.94. The lowest BCUT2D eigenvalue weighted by Gasteiger charge is -2.20. The first kappa shape index (κ1) is 24.9. The van der Waals surface area contributed by atoms with E-state index in [4.69, 9.17) is 5.73 Å². The van der Waals surface area contributed by atoms with Gasteiger partial charge in [-0.15, -0.1) is 0 Å². The normalized spacial score (nSPS) is 11.7. The number of fused-ring (bicyclic) bond motifs is 1. The SMILES string of the molecule is Cn1cc(-c2ccnc(-n3ncc4cc(C(C)(C)C)cc(F)c4c3=O)c2CO)cc(CC(N)=O)c1=O. The Labute approximate surface area is 205 Å². The third-order valence-corrected chi connectivity index (χ3v) is 6.03. The zero-order valence-corrected chi connectivity index (χ0v) is 20.4. The standard InChI is InChI=1S/C26H26FN5O4/c1-26(2,3)17-8-15-11-30-32(25(36)22(15)20(27)10-17)23-19(13-33)18(5-6-29-23)16-7-14(9-21(28)34)24(35)31(4)12-16/h5-8,10-12,33H,9,13H2,1-4H3,(H2,28,34). The minimum atomic E-state index is -0.723. The molecule has 4 aromatic rings. The molecule has 186 valence electrons. The highest BCUT2D eigenvalue weighted by Crippen LogP contribution is 2.29. The molecule has 3 heterocycles. The van der Waals surface area contributed by atoms with Crippen molar-refractivity contribution in [2.24, 2.45) is 12.8 Å². The molecular weight excluding hydrogens is 465 g/mol. The fourth-order valence-corrected chi connectivity index (χ4v) is 4.15. The number of benzene rings is 1. The first-order valence-electron chi connectivity index (χ1n) is 11.2. The number of aliphatic hydroxyl groups excluding tert-OH is 1. The third-order valence-electron chi connectivity index (χ3n) is 6.03. The molecule has 0 fully saturated rings. The molecule has 0 aliphatic carbocycles. The number of carbonyl (C=O) groups excluding carboxylic acids is 1. The average molecular weight is 492 g/mol. The molecule has 4 rings (SSSR count). The topological polar surface area (TPSA) is 133 Å². The second-order valence-electron chi connectivity index (χ2n) is 9.67. The summed E-state index contributed by atoms with van der Waals surface area (Å²) in [5.41, 5.74) is 5.96. The third kappa shape index (κ3) is 4.42. The fourth-order valence-electron chi connectivity index (χ4n) is 4.15. The van der Waals surface area contributed by atoms with Crippen LogP contribution in [0, 0.1) is 5.82 Å². The molecule has 36 heavy (non-hydrogen) atoms. The van der Waals surface area contributed by atoms with Crippen LogP contribution < -0.4 is 16.9 Å². The molecule has 3 aromatic heterocycles. The molecule has 0 saturated heterocycles. The largest absolute Gasteiger partial charge is 0.392 e. The first-order valence-corrected chi connectivity index (χ1v) is 11.2. The summed E-state index contributed by atoms with van der Waals surface area (Å²) >= 11 is 0. The van der Waals surface area contributed by atoms with Gasteiger partial charge in [0.05, 0.1) is 24.6 Å². The fraction of sp³-hybridized carbons (Fsp3) is 0.269. The van der Waals surface area contributed by atoms with Gasteiger partial charge < -0.3 is 15.4 Å². The van der Waals surface area contributed by atoms with Crippen LogP contribution in [0.4, 0.5) is 4.39 Å². The van der Waals surface area contributed by atoms with Crippen LogP contribution in [0.5, 0.6) is 0 Å². The Morgan fingerprint density at radius 2 is 1.89 bits per heavy atom. The molecule has 0 saturated carbocycles. The highest BCUT2D eigenvalue weighted by molar-refractivity contribution is 5.83. The Bertz CT molecular complexity index is 1630. The van der Waals surface area contributed by atoms with Gasteiger partial charge in [-0.05, 0) is 46.4 Å². The number of aryl methyl sites for hydroxylation is 1. The minimum absolute atomic E-state index is 0.0199. The van der Waals surface area contributed by atoms with Gasteiger partial charge in [0.2, 0.25) is 5.91 Å². The van der Waals surface area contributed by atoms with Crippen molar-refractivity contribution in [2.45, 2.75) is 39.2 Å². The number of nitrogens with zero attached hydrogens (tertiary/aromatic N) is 4. The van der Waals surface area contributed by atoms with Crippen LogP contribution in [0.1, 0.15) is 37.5 Å².